The highest BCUT2D eigenvalue weighted by molar-refractivity contribution is 5.74. The van der Waals surface area contributed by atoms with Crippen LogP contribution in [0.5, 0.6) is 69.0 Å². The summed E-state index contributed by atoms with van der Waals surface area (Å²) >= 11 is 0. The molecule has 5 aliphatic rings. The fraction of sp³-hybridized carbons (Fsp3) is 0.354. The van der Waals surface area contributed by atoms with Gasteiger partial charge in [0.05, 0.1) is 0 Å². The second kappa shape index (κ2) is 45.3. The predicted molar refractivity (Wildman–Crippen MR) is 581 cm³/mol. The zero-order valence-electron chi connectivity index (χ0n) is 86.2. The van der Waals surface area contributed by atoms with E-state index in [4.69, 9.17) is 0 Å². The first-order chi connectivity index (χ1) is 67.8. The molecule has 12 heteroatoms. The number of fused-ring (bicyclic) bond motifs is 5. The summed E-state index contributed by atoms with van der Waals surface area (Å²) in [6.45, 7) is 30.2. The first-order valence-electron chi connectivity index (χ1n) is 51.6. The van der Waals surface area contributed by atoms with Crippen molar-refractivity contribution in [1.29, 1.82) is 0 Å². The van der Waals surface area contributed by atoms with Crippen molar-refractivity contribution in [1.82, 2.24) is 0 Å². The number of hydrogen-bond donors (Lipinski definition) is 12. The van der Waals surface area contributed by atoms with Gasteiger partial charge in [0.25, 0.3) is 0 Å². The summed E-state index contributed by atoms with van der Waals surface area (Å²) in [6, 6.07) is 90.9. The minimum absolute atomic E-state index is 0.00910. The van der Waals surface area contributed by atoms with Gasteiger partial charge in [0, 0.05) is 44.1 Å². The van der Waals surface area contributed by atoms with Crippen LogP contribution in [0.1, 0.15) is 298 Å². The Morgan fingerprint density at radius 1 is 0.246 bits per heavy atom. The van der Waals surface area contributed by atoms with Gasteiger partial charge in [-0.15, -0.1) is 0 Å². The Kier molecular flexibility index (Phi) is 33.3. The van der Waals surface area contributed by atoms with Crippen LogP contribution in [0.3, 0.4) is 0 Å². The van der Waals surface area contributed by atoms with Crippen LogP contribution in [0.25, 0.3) is 22.3 Å². The Labute approximate surface area is 843 Å². The third-order valence-electron chi connectivity index (χ3n) is 32.7. The summed E-state index contributed by atoms with van der Waals surface area (Å²) in [5, 5.41) is 119. The van der Waals surface area contributed by atoms with E-state index in [0.29, 0.717) is 63.4 Å². The first-order valence-corrected chi connectivity index (χ1v) is 51.6. The quantitative estimate of drug-likeness (QED) is 0.0487. The highest BCUT2D eigenvalue weighted by Gasteiger charge is 2.62. The SMILES string of the molecule is CC(C)(c1ccc(O)c(-c2ccccc2)c1)c1ccc(O)c(-c2ccccc2)c1.Cc1cc(C(C)(C)c2ccc(O)c(C)c2)ccc1O.Cc1cc(C(C)c2ccc(O)c(C)c2)ccc1O.Cc1cc(C2(c3ccc(O)c(C)c3)CC3CC2C2CCCC32)ccc1O.Cc1cc(C2(c3ccc(O)c(C)c3)CCCCC2)ccc1O.Cc1cc(C2(c3ccc(O)c(C)c3)CCCCCCCCCCC2)ccc1O. The van der Waals surface area contributed by atoms with Gasteiger partial charge < -0.3 is 61.3 Å². The van der Waals surface area contributed by atoms with Gasteiger partial charge >= 0.3 is 0 Å². The molecule has 742 valence electrons. The number of phenols is 12. The van der Waals surface area contributed by atoms with Crippen LogP contribution in [0, 0.1) is 92.9 Å². The van der Waals surface area contributed by atoms with Gasteiger partial charge in [-0.3, -0.25) is 0 Å². The van der Waals surface area contributed by atoms with Gasteiger partial charge in [0.15, 0.2) is 0 Å². The first kappa shape index (κ1) is 105. The van der Waals surface area contributed by atoms with Crippen LogP contribution in [-0.2, 0) is 27.1 Å². The zero-order chi connectivity index (χ0) is 102. The van der Waals surface area contributed by atoms with Gasteiger partial charge in [-0.05, 0) is 363 Å². The molecule has 12 nitrogen and oxygen atoms in total. The Balaban J connectivity index is 0.000000136. The summed E-state index contributed by atoms with van der Waals surface area (Å²) in [6.07, 6.45) is 26.8. The Morgan fingerprint density at radius 2 is 0.493 bits per heavy atom. The molecule has 14 aromatic rings. The molecule has 5 saturated carbocycles. The van der Waals surface area contributed by atoms with Crippen LogP contribution < -0.4 is 0 Å². The van der Waals surface area contributed by atoms with Crippen molar-refractivity contribution < 1.29 is 61.3 Å². The maximum atomic E-state index is 10.4. The van der Waals surface area contributed by atoms with E-state index >= 15 is 0 Å². The number of phenolic OH excluding ortho intramolecular Hbond substituents is 12. The number of benzene rings is 14. The van der Waals surface area contributed by atoms with Gasteiger partial charge in [0.1, 0.15) is 69.0 Å². The summed E-state index contributed by atoms with van der Waals surface area (Å²) in [4.78, 5) is 0. The van der Waals surface area contributed by atoms with E-state index < -0.39 is 0 Å². The van der Waals surface area contributed by atoms with Crippen LogP contribution in [0.2, 0.25) is 0 Å². The van der Waals surface area contributed by atoms with E-state index in [-0.39, 0.29) is 44.5 Å². The average Bonchev–Trinajstić information content (AvgIpc) is 1.53. The molecule has 0 aliphatic heterocycles. The molecule has 4 unspecified atom stereocenters. The van der Waals surface area contributed by atoms with E-state index in [1.807, 2.05) is 227 Å². The summed E-state index contributed by atoms with van der Waals surface area (Å²) < 4.78 is 0. The molecule has 19 rings (SSSR count). The molecule has 5 fully saturated rings. The minimum Gasteiger partial charge on any atom is -0.508 e. The molecule has 0 radical (unpaired) electrons. The van der Waals surface area contributed by atoms with Crippen molar-refractivity contribution in [2.24, 2.45) is 23.7 Å². The lowest BCUT2D eigenvalue weighted by atomic mass is 9.59. The molecule has 5 aliphatic carbocycles. The van der Waals surface area contributed by atoms with Crippen LogP contribution in [-0.4, -0.2) is 61.3 Å². The second-order valence-electron chi connectivity index (χ2n) is 42.7. The van der Waals surface area contributed by atoms with Gasteiger partial charge in [0.2, 0.25) is 0 Å². The highest BCUT2D eigenvalue weighted by Crippen LogP contribution is 2.68. The fourth-order valence-corrected chi connectivity index (χ4v) is 23.6. The molecule has 2 bridgehead atoms. The van der Waals surface area contributed by atoms with E-state index in [1.165, 1.54) is 143 Å². The molecule has 0 aromatic heterocycles. The molecule has 0 saturated heterocycles. The number of rotatable bonds is 14. The largest absolute Gasteiger partial charge is 0.508 e. The molecule has 4 atom stereocenters. The summed E-state index contributed by atoms with van der Waals surface area (Å²) in [5.41, 5.74) is 27.0. The number of aryl methyl sites for hydroxylation is 10. The average molecular weight is 1900 g/mol. The summed E-state index contributed by atoms with van der Waals surface area (Å²) in [7, 11) is 0. The Hall–Kier alpha value is -13.3. The normalized spacial score (nSPS) is 17.4. The van der Waals surface area contributed by atoms with Crippen LogP contribution in [0.15, 0.2) is 279 Å². The van der Waals surface area contributed by atoms with Crippen molar-refractivity contribution in [2.45, 2.75) is 272 Å². The maximum absolute atomic E-state index is 10.4. The molecule has 0 amide bonds. The number of aromatic hydroxyl groups is 12. The standard InChI is InChI=1S/C27H24O2.C26H36O2.C24H28O2.C20H24O2.C17H20O2.C16H18O2/c1-27(2,21-13-15-25(28)23(17-21)19-9-5-3-6-10-19)22-14-16-26(29)24(18-22)20-11-7-4-8-12-20;1-20-18-22(12-14-24(20)27)26(23-13-15-25(28)21(2)19-23)16-10-8-6-4-3-5-7-9-11-17-26;1-14-10-17(6-8-22(14)25)24(18-7-9-23(26)15(2)11-18)13-16-12-21(24)20-5-3-4-19(16)20;1-14-12-16(6-8-18(14)21)20(10-4-3-5-11-20)17-7-9-19(22)15(2)13-17;1-11-9-13(5-7-15(11)18)17(3,4)14-6-8-16(19)12(2)10-14;1-10-8-13(4-6-15(10)17)12(3)14-5-7-16(18)11(2)9-14/h3-18,28-29H,1-2H3;12-15,18-19,27-28H,3-11,16-17H2,1-2H3;6-11,16,19-21,25-26H,3-5,12-13H2,1-2H3;6-9,12-13,21-22H,3-5,10-11H2,1-2H3;5-10,18-19H,1-4H3;4-9,12,17-18H,1-3H3. The monoisotopic (exact) mass is 1900 g/mol. The third-order valence-corrected chi connectivity index (χ3v) is 32.7. The molecule has 0 spiro atoms. The van der Waals surface area contributed by atoms with Crippen molar-refractivity contribution >= 4 is 0 Å². The molecule has 12 N–H and O–H groups in total. The van der Waals surface area contributed by atoms with Gasteiger partial charge in [-0.1, -0.05) is 312 Å². The number of hydrogen-bond acceptors (Lipinski definition) is 12. The van der Waals surface area contributed by atoms with Crippen molar-refractivity contribution in [3.05, 3.63) is 401 Å². The van der Waals surface area contributed by atoms with Gasteiger partial charge in [-0.25, -0.2) is 0 Å². The maximum Gasteiger partial charge on any atom is 0.123 e. The van der Waals surface area contributed by atoms with Gasteiger partial charge in [-0.2, -0.15) is 0 Å². The van der Waals surface area contributed by atoms with Crippen molar-refractivity contribution in [2.75, 3.05) is 0 Å². The van der Waals surface area contributed by atoms with Crippen LogP contribution in [0.4, 0.5) is 0 Å². The lowest BCUT2D eigenvalue weighted by molar-refractivity contribution is 0.181. The molecule has 142 heavy (non-hydrogen) atoms. The molecular formula is C130H150O12. The van der Waals surface area contributed by atoms with Crippen molar-refractivity contribution in [3.63, 3.8) is 0 Å². The van der Waals surface area contributed by atoms with Crippen LogP contribution >= 0.6 is 0 Å². The van der Waals surface area contributed by atoms with Crippen molar-refractivity contribution in [3.8, 4) is 91.2 Å². The predicted octanol–water partition coefficient (Wildman–Crippen LogP) is 32.4. The molecule has 14 aromatic carbocycles. The Bertz CT molecular complexity index is 6330. The summed E-state index contributed by atoms with van der Waals surface area (Å²) in [5.74, 6) is 7.59. The Morgan fingerprint density at radius 3 is 0.796 bits per heavy atom. The highest BCUT2D eigenvalue weighted by atomic mass is 16.3. The topological polar surface area (TPSA) is 243 Å². The minimum atomic E-state index is -0.311. The fourth-order valence-electron chi connectivity index (χ4n) is 23.6. The van der Waals surface area contributed by atoms with E-state index in [9.17, 15) is 61.3 Å². The van der Waals surface area contributed by atoms with E-state index in [0.717, 1.165) is 155 Å². The molecular weight excluding hydrogens is 1750 g/mol. The third kappa shape index (κ3) is 23.2. The van der Waals surface area contributed by atoms with E-state index in [2.05, 4.69) is 120 Å². The second-order valence-corrected chi connectivity index (χ2v) is 42.7. The molecule has 0 heterocycles. The zero-order valence-corrected chi connectivity index (χ0v) is 86.2. The lowest BCUT2D eigenvalue weighted by Crippen LogP contribution is -2.40. The smallest absolute Gasteiger partial charge is 0.123 e. The lowest BCUT2D eigenvalue weighted by Gasteiger charge is -2.44. The van der Waals surface area contributed by atoms with E-state index in [1.54, 1.807) is 36.4 Å².